The summed E-state index contributed by atoms with van der Waals surface area (Å²) in [6.45, 7) is 3.60. The van der Waals surface area contributed by atoms with Gasteiger partial charge in [0, 0.05) is 18.2 Å². The maximum Gasteiger partial charge on any atom is 0.262 e. The zero-order valence-corrected chi connectivity index (χ0v) is 15.5. The molecule has 0 spiro atoms. The predicted octanol–water partition coefficient (Wildman–Crippen LogP) is 3.29. The van der Waals surface area contributed by atoms with E-state index in [1.165, 1.54) is 0 Å². The molecule has 0 aliphatic carbocycles. The van der Waals surface area contributed by atoms with Gasteiger partial charge in [0.2, 0.25) is 0 Å². The number of carbonyl (C=O) groups is 2. The zero-order valence-electron chi connectivity index (χ0n) is 15.5. The van der Waals surface area contributed by atoms with Crippen LogP contribution in [0.5, 0.6) is 5.75 Å². The van der Waals surface area contributed by atoms with E-state index < -0.39 is 0 Å². The molecule has 2 aromatic carbocycles. The van der Waals surface area contributed by atoms with Crippen LogP contribution in [0.4, 0.5) is 5.69 Å². The monoisotopic (exact) mass is 363 g/mol. The standard InChI is InChI=1S/C21H21N3O3/c1-14-20(15(2)24(3)23-14)22-19(25)13-27-18-11-9-17(10-12-18)21(26)16-7-5-4-6-8-16/h4-12H,13H2,1-3H3,(H,22,25). The van der Waals surface area contributed by atoms with Gasteiger partial charge in [-0.05, 0) is 38.1 Å². The van der Waals surface area contributed by atoms with Gasteiger partial charge in [-0.15, -0.1) is 0 Å². The minimum absolute atomic E-state index is 0.0533. The Kier molecular flexibility index (Phi) is 5.35. The van der Waals surface area contributed by atoms with E-state index in [1.807, 2.05) is 39.1 Å². The molecule has 0 aliphatic rings. The summed E-state index contributed by atoms with van der Waals surface area (Å²) >= 11 is 0. The van der Waals surface area contributed by atoms with Gasteiger partial charge < -0.3 is 10.1 Å². The van der Waals surface area contributed by atoms with Gasteiger partial charge in [-0.2, -0.15) is 5.10 Å². The molecule has 27 heavy (non-hydrogen) atoms. The summed E-state index contributed by atoms with van der Waals surface area (Å²) in [5, 5.41) is 7.08. The van der Waals surface area contributed by atoms with Crippen molar-refractivity contribution in [3.05, 3.63) is 77.1 Å². The van der Waals surface area contributed by atoms with E-state index >= 15 is 0 Å². The van der Waals surface area contributed by atoms with Gasteiger partial charge in [0.1, 0.15) is 5.75 Å². The summed E-state index contributed by atoms with van der Waals surface area (Å²) < 4.78 is 7.23. The lowest BCUT2D eigenvalue weighted by molar-refractivity contribution is -0.118. The molecule has 1 heterocycles. The molecule has 0 aliphatic heterocycles. The zero-order chi connectivity index (χ0) is 19.4. The average Bonchev–Trinajstić information content (AvgIpc) is 2.93. The molecule has 1 N–H and O–H groups in total. The smallest absolute Gasteiger partial charge is 0.262 e. The maximum atomic E-state index is 12.4. The first-order valence-electron chi connectivity index (χ1n) is 8.58. The first kappa shape index (κ1) is 18.4. The second-order valence-corrected chi connectivity index (χ2v) is 6.23. The number of hydrogen-bond donors (Lipinski definition) is 1. The van der Waals surface area contributed by atoms with Crippen molar-refractivity contribution >= 4 is 17.4 Å². The summed E-state index contributed by atoms with van der Waals surface area (Å²) in [4.78, 5) is 24.5. The summed E-state index contributed by atoms with van der Waals surface area (Å²) in [6.07, 6.45) is 0. The Morgan fingerprint density at radius 1 is 1.00 bits per heavy atom. The van der Waals surface area contributed by atoms with E-state index in [0.717, 1.165) is 11.4 Å². The van der Waals surface area contributed by atoms with Crippen molar-refractivity contribution in [3.63, 3.8) is 0 Å². The van der Waals surface area contributed by atoms with Gasteiger partial charge in [0.15, 0.2) is 12.4 Å². The van der Waals surface area contributed by atoms with Gasteiger partial charge in [-0.25, -0.2) is 0 Å². The average molecular weight is 363 g/mol. The largest absolute Gasteiger partial charge is 0.484 e. The molecule has 3 rings (SSSR count). The third-order valence-electron chi connectivity index (χ3n) is 4.30. The van der Waals surface area contributed by atoms with Crippen LogP contribution < -0.4 is 10.1 Å². The molecule has 3 aromatic rings. The number of hydrogen-bond acceptors (Lipinski definition) is 4. The van der Waals surface area contributed by atoms with Crippen molar-refractivity contribution in [1.82, 2.24) is 9.78 Å². The van der Waals surface area contributed by atoms with Crippen molar-refractivity contribution in [2.24, 2.45) is 7.05 Å². The fourth-order valence-electron chi connectivity index (χ4n) is 2.74. The van der Waals surface area contributed by atoms with Crippen LogP contribution in [0.15, 0.2) is 54.6 Å². The highest BCUT2D eigenvalue weighted by molar-refractivity contribution is 6.09. The Hall–Kier alpha value is -3.41. The van der Waals surface area contributed by atoms with Crippen LogP contribution in [-0.4, -0.2) is 28.1 Å². The highest BCUT2D eigenvalue weighted by Crippen LogP contribution is 2.19. The molecule has 1 aromatic heterocycles. The van der Waals surface area contributed by atoms with E-state index in [0.29, 0.717) is 22.6 Å². The number of ether oxygens (including phenoxy) is 1. The quantitative estimate of drug-likeness (QED) is 0.682. The lowest BCUT2D eigenvalue weighted by Crippen LogP contribution is -2.21. The van der Waals surface area contributed by atoms with Gasteiger partial charge in [0.25, 0.3) is 5.91 Å². The van der Waals surface area contributed by atoms with Crippen molar-refractivity contribution in [3.8, 4) is 5.75 Å². The lowest BCUT2D eigenvalue weighted by atomic mass is 10.0. The number of nitrogens with one attached hydrogen (secondary N) is 1. The molecular formula is C21H21N3O3. The molecule has 0 bridgehead atoms. The number of benzene rings is 2. The molecule has 0 atom stereocenters. The minimum atomic E-state index is -0.265. The summed E-state index contributed by atoms with van der Waals surface area (Å²) in [5.41, 5.74) is 3.54. The second kappa shape index (κ2) is 7.86. The lowest BCUT2D eigenvalue weighted by Gasteiger charge is -2.08. The van der Waals surface area contributed by atoms with E-state index in [-0.39, 0.29) is 18.3 Å². The van der Waals surface area contributed by atoms with Gasteiger partial charge in [-0.1, -0.05) is 30.3 Å². The highest BCUT2D eigenvalue weighted by Gasteiger charge is 2.13. The number of ketones is 1. The van der Waals surface area contributed by atoms with Crippen LogP contribution in [0.1, 0.15) is 27.3 Å². The molecule has 6 nitrogen and oxygen atoms in total. The predicted molar refractivity (Wildman–Crippen MR) is 103 cm³/mol. The Bertz CT molecular complexity index is 960. The van der Waals surface area contributed by atoms with Crippen LogP contribution in [0.2, 0.25) is 0 Å². The van der Waals surface area contributed by atoms with Gasteiger partial charge in [0.05, 0.1) is 17.1 Å². The van der Waals surface area contributed by atoms with Crippen molar-refractivity contribution in [1.29, 1.82) is 0 Å². The summed E-state index contributed by atoms with van der Waals surface area (Å²) in [5.74, 6) is 0.204. The first-order chi connectivity index (χ1) is 13.0. The van der Waals surface area contributed by atoms with Crippen LogP contribution in [-0.2, 0) is 11.8 Å². The molecular weight excluding hydrogens is 342 g/mol. The number of aryl methyl sites for hydroxylation is 2. The Morgan fingerprint density at radius 3 is 2.22 bits per heavy atom. The molecule has 0 saturated heterocycles. The van der Waals surface area contributed by atoms with Gasteiger partial charge >= 0.3 is 0 Å². The van der Waals surface area contributed by atoms with Crippen LogP contribution >= 0.6 is 0 Å². The topological polar surface area (TPSA) is 73.2 Å². The number of carbonyl (C=O) groups excluding carboxylic acids is 2. The second-order valence-electron chi connectivity index (χ2n) is 6.23. The SMILES string of the molecule is Cc1nn(C)c(C)c1NC(=O)COc1ccc(C(=O)c2ccccc2)cc1. The van der Waals surface area contributed by atoms with Crippen LogP contribution in [0.25, 0.3) is 0 Å². The number of anilines is 1. The molecule has 6 heteroatoms. The Morgan fingerprint density at radius 2 is 1.63 bits per heavy atom. The van der Waals surface area contributed by atoms with Crippen molar-refractivity contribution < 1.29 is 14.3 Å². The van der Waals surface area contributed by atoms with E-state index in [4.69, 9.17) is 4.74 Å². The molecule has 0 radical (unpaired) electrons. The van der Waals surface area contributed by atoms with E-state index in [2.05, 4.69) is 10.4 Å². The highest BCUT2D eigenvalue weighted by atomic mass is 16.5. The molecule has 1 amide bonds. The van der Waals surface area contributed by atoms with E-state index in [9.17, 15) is 9.59 Å². The number of aromatic nitrogens is 2. The normalized spacial score (nSPS) is 10.5. The summed E-state index contributed by atoms with van der Waals surface area (Å²) in [6, 6.07) is 15.8. The fourth-order valence-corrected chi connectivity index (χ4v) is 2.74. The number of nitrogens with zero attached hydrogens (tertiary/aromatic N) is 2. The minimum Gasteiger partial charge on any atom is -0.484 e. The third-order valence-corrected chi connectivity index (χ3v) is 4.30. The van der Waals surface area contributed by atoms with Crippen LogP contribution in [0, 0.1) is 13.8 Å². The van der Waals surface area contributed by atoms with E-state index in [1.54, 1.807) is 41.1 Å². The van der Waals surface area contributed by atoms with Gasteiger partial charge in [-0.3, -0.25) is 14.3 Å². The van der Waals surface area contributed by atoms with Crippen molar-refractivity contribution in [2.75, 3.05) is 11.9 Å². The Balaban J connectivity index is 1.58. The molecule has 0 fully saturated rings. The Labute approximate surface area is 157 Å². The molecule has 0 saturated carbocycles. The van der Waals surface area contributed by atoms with Crippen LogP contribution in [0.3, 0.4) is 0 Å². The maximum absolute atomic E-state index is 12.4. The van der Waals surface area contributed by atoms with Crippen molar-refractivity contribution in [2.45, 2.75) is 13.8 Å². The number of amides is 1. The fraction of sp³-hybridized carbons (Fsp3) is 0.190. The molecule has 138 valence electrons. The number of rotatable bonds is 6. The first-order valence-corrected chi connectivity index (χ1v) is 8.58. The summed E-state index contributed by atoms with van der Waals surface area (Å²) in [7, 11) is 1.83. The molecule has 0 unspecified atom stereocenters. The third kappa shape index (κ3) is 4.23.